The number of alkyl halides is 3. The predicted octanol–water partition coefficient (Wildman–Crippen LogP) is 3.18. The summed E-state index contributed by atoms with van der Waals surface area (Å²) in [6.45, 7) is 5.28. The van der Waals surface area contributed by atoms with Crippen molar-refractivity contribution in [1.82, 2.24) is 15.0 Å². The summed E-state index contributed by atoms with van der Waals surface area (Å²) in [6, 6.07) is 1.87. The third-order valence-corrected chi connectivity index (χ3v) is 3.89. The van der Waals surface area contributed by atoms with Gasteiger partial charge in [0.05, 0.1) is 0 Å². The van der Waals surface area contributed by atoms with Crippen molar-refractivity contribution >= 4 is 11.8 Å². The second kappa shape index (κ2) is 6.29. The zero-order chi connectivity index (χ0) is 17.3. The minimum Gasteiger partial charge on any atom is -0.432 e. The molecule has 130 valence electrons. The van der Waals surface area contributed by atoms with Gasteiger partial charge in [-0.25, -0.2) is 9.97 Å². The molecule has 1 fully saturated rings. The number of nitrogens with zero attached hydrogens (tertiary/aromatic N) is 4. The number of hydrogen-bond donors (Lipinski definition) is 1. The van der Waals surface area contributed by atoms with E-state index >= 15 is 0 Å². The minimum absolute atomic E-state index is 0.0185. The normalized spacial score (nSPS) is 16.5. The van der Waals surface area contributed by atoms with E-state index in [2.05, 4.69) is 25.2 Å². The number of oxazole rings is 1. The molecule has 0 bridgehead atoms. The van der Waals surface area contributed by atoms with Crippen molar-refractivity contribution in [3.05, 3.63) is 29.5 Å². The molecule has 0 saturated carbocycles. The Morgan fingerprint density at radius 3 is 2.46 bits per heavy atom. The third kappa shape index (κ3) is 3.77. The van der Waals surface area contributed by atoms with Gasteiger partial charge in [0.2, 0.25) is 0 Å². The molecule has 1 aliphatic rings. The maximum Gasteiger partial charge on any atom is 0.436 e. The van der Waals surface area contributed by atoms with Crippen LogP contribution in [0.15, 0.2) is 16.7 Å². The van der Waals surface area contributed by atoms with Gasteiger partial charge >= 0.3 is 6.18 Å². The average molecular weight is 341 g/mol. The van der Waals surface area contributed by atoms with Crippen molar-refractivity contribution in [3.8, 4) is 0 Å². The van der Waals surface area contributed by atoms with Crippen LogP contribution in [-0.2, 0) is 6.18 Å². The molecule has 0 amide bonds. The van der Waals surface area contributed by atoms with E-state index in [1.165, 1.54) is 0 Å². The molecule has 2 aromatic rings. The monoisotopic (exact) mass is 341 g/mol. The second-order valence-electron chi connectivity index (χ2n) is 5.86. The molecular weight excluding hydrogens is 323 g/mol. The molecule has 0 spiro atoms. The van der Waals surface area contributed by atoms with Gasteiger partial charge in [-0.2, -0.15) is 18.2 Å². The Bertz CT molecular complexity index is 687. The van der Waals surface area contributed by atoms with Crippen LogP contribution < -0.4 is 10.2 Å². The molecule has 1 N–H and O–H groups in total. The summed E-state index contributed by atoms with van der Waals surface area (Å²) in [5, 5.41) is 2.93. The number of aryl methyl sites for hydroxylation is 2. The topological polar surface area (TPSA) is 67.1 Å². The van der Waals surface area contributed by atoms with Crippen LogP contribution in [0.25, 0.3) is 0 Å². The number of halogens is 3. The number of rotatable bonds is 3. The number of nitrogens with one attached hydrogen (secondary N) is 1. The Balaban J connectivity index is 1.58. The van der Waals surface area contributed by atoms with Gasteiger partial charge in [0.25, 0.3) is 6.01 Å². The highest BCUT2D eigenvalue weighted by molar-refractivity contribution is 5.40. The zero-order valence-corrected chi connectivity index (χ0v) is 13.4. The van der Waals surface area contributed by atoms with Crippen LogP contribution in [0.4, 0.5) is 25.0 Å². The first-order chi connectivity index (χ1) is 11.3. The van der Waals surface area contributed by atoms with Crippen molar-refractivity contribution in [2.45, 2.75) is 38.9 Å². The molecule has 1 saturated heterocycles. The van der Waals surface area contributed by atoms with Crippen molar-refractivity contribution in [3.63, 3.8) is 0 Å². The van der Waals surface area contributed by atoms with E-state index in [-0.39, 0.29) is 12.1 Å². The molecule has 0 radical (unpaired) electrons. The van der Waals surface area contributed by atoms with Gasteiger partial charge < -0.3 is 14.6 Å². The molecule has 3 heterocycles. The number of piperidine rings is 1. The van der Waals surface area contributed by atoms with Crippen LogP contribution in [0, 0.1) is 13.8 Å². The van der Waals surface area contributed by atoms with Crippen LogP contribution in [0.1, 0.15) is 30.1 Å². The van der Waals surface area contributed by atoms with E-state index in [1.54, 1.807) is 0 Å². The van der Waals surface area contributed by atoms with E-state index < -0.39 is 11.9 Å². The fourth-order valence-corrected chi connectivity index (χ4v) is 2.76. The quantitative estimate of drug-likeness (QED) is 0.925. The van der Waals surface area contributed by atoms with Gasteiger partial charge in [0.15, 0.2) is 5.69 Å². The summed E-state index contributed by atoms with van der Waals surface area (Å²) >= 11 is 0. The summed E-state index contributed by atoms with van der Waals surface area (Å²) < 4.78 is 42.4. The number of anilines is 2. The highest BCUT2D eigenvalue weighted by Crippen LogP contribution is 2.30. The van der Waals surface area contributed by atoms with Crippen LogP contribution in [0.5, 0.6) is 0 Å². The SMILES string of the molecule is Cc1cc(N2CCC(Nc3nc(C(F)(F)F)co3)CC2)nc(C)n1. The van der Waals surface area contributed by atoms with E-state index in [9.17, 15) is 13.2 Å². The largest absolute Gasteiger partial charge is 0.436 e. The van der Waals surface area contributed by atoms with E-state index in [4.69, 9.17) is 4.42 Å². The van der Waals surface area contributed by atoms with Crippen LogP contribution in [0.3, 0.4) is 0 Å². The fourth-order valence-electron chi connectivity index (χ4n) is 2.76. The van der Waals surface area contributed by atoms with Crippen molar-refractivity contribution in [2.75, 3.05) is 23.3 Å². The first-order valence-electron chi connectivity index (χ1n) is 7.68. The second-order valence-corrected chi connectivity index (χ2v) is 5.86. The summed E-state index contributed by atoms with van der Waals surface area (Å²) in [6.07, 6.45) is -2.35. The summed E-state index contributed by atoms with van der Waals surface area (Å²) in [7, 11) is 0. The van der Waals surface area contributed by atoms with E-state index in [1.807, 2.05) is 19.9 Å². The van der Waals surface area contributed by atoms with E-state index in [0.717, 1.165) is 43.3 Å². The molecule has 9 heteroatoms. The molecular formula is C15H18F3N5O. The summed E-state index contributed by atoms with van der Waals surface area (Å²) in [5.41, 5.74) is -0.105. The predicted molar refractivity (Wildman–Crippen MR) is 81.9 cm³/mol. The molecule has 1 aliphatic heterocycles. The number of aromatic nitrogens is 3. The smallest absolute Gasteiger partial charge is 0.432 e. The van der Waals surface area contributed by atoms with Crippen molar-refractivity contribution in [1.29, 1.82) is 0 Å². The number of hydrogen-bond acceptors (Lipinski definition) is 6. The van der Waals surface area contributed by atoms with Crippen LogP contribution in [0.2, 0.25) is 0 Å². The highest BCUT2D eigenvalue weighted by Gasteiger charge is 2.35. The van der Waals surface area contributed by atoms with Crippen molar-refractivity contribution in [2.24, 2.45) is 0 Å². The molecule has 24 heavy (non-hydrogen) atoms. The fraction of sp³-hybridized carbons (Fsp3) is 0.533. The highest BCUT2D eigenvalue weighted by atomic mass is 19.4. The molecule has 6 nitrogen and oxygen atoms in total. The maximum absolute atomic E-state index is 12.5. The van der Waals surface area contributed by atoms with Gasteiger partial charge in [0.1, 0.15) is 17.9 Å². The first kappa shape index (κ1) is 16.5. The van der Waals surface area contributed by atoms with E-state index in [0.29, 0.717) is 6.26 Å². The molecule has 3 rings (SSSR count). The minimum atomic E-state index is -4.49. The van der Waals surface area contributed by atoms with Crippen molar-refractivity contribution < 1.29 is 17.6 Å². The Labute approximate surface area is 137 Å². The lowest BCUT2D eigenvalue weighted by Gasteiger charge is -2.33. The van der Waals surface area contributed by atoms with Gasteiger partial charge in [-0.05, 0) is 26.7 Å². The maximum atomic E-state index is 12.5. The Morgan fingerprint density at radius 1 is 1.17 bits per heavy atom. The van der Waals surface area contributed by atoms with Crippen LogP contribution in [-0.4, -0.2) is 34.1 Å². The molecule has 0 aromatic carbocycles. The van der Waals surface area contributed by atoms with Gasteiger partial charge in [-0.15, -0.1) is 0 Å². The first-order valence-corrected chi connectivity index (χ1v) is 7.68. The molecule has 0 aliphatic carbocycles. The molecule has 0 atom stereocenters. The third-order valence-electron chi connectivity index (χ3n) is 3.89. The van der Waals surface area contributed by atoms with Gasteiger partial charge in [-0.3, -0.25) is 0 Å². The van der Waals surface area contributed by atoms with Gasteiger partial charge in [0, 0.05) is 30.9 Å². The Morgan fingerprint density at radius 2 is 1.88 bits per heavy atom. The lowest BCUT2D eigenvalue weighted by atomic mass is 10.1. The van der Waals surface area contributed by atoms with Crippen LogP contribution >= 0.6 is 0 Å². The lowest BCUT2D eigenvalue weighted by Crippen LogP contribution is -2.39. The standard InChI is InChI=1S/C15H18F3N5O/c1-9-7-13(20-10(2)19-9)23-5-3-11(4-6-23)21-14-22-12(8-24-14)15(16,17)18/h7-8,11H,3-6H2,1-2H3,(H,21,22). The lowest BCUT2D eigenvalue weighted by molar-refractivity contribution is -0.141. The van der Waals surface area contributed by atoms with Gasteiger partial charge in [-0.1, -0.05) is 0 Å². The zero-order valence-electron chi connectivity index (χ0n) is 13.4. The average Bonchev–Trinajstić information content (AvgIpc) is 2.96. The summed E-state index contributed by atoms with van der Waals surface area (Å²) in [4.78, 5) is 14.3. The molecule has 0 unspecified atom stereocenters. The Hall–Kier alpha value is -2.32. The summed E-state index contributed by atoms with van der Waals surface area (Å²) in [5.74, 6) is 1.61. The molecule has 2 aromatic heterocycles. The Kier molecular flexibility index (Phi) is 4.33.